The Labute approximate surface area is 114 Å². The first-order chi connectivity index (χ1) is 9.12. The molecule has 7 heteroatoms. The lowest BCUT2D eigenvalue weighted by molar-refractivity contribution is 0.170. The van der Waals surface area contributed by atoms with Gasteiger partial charge in [-0.1, -0.05) is 0 Å². The molecule has 1 rings (SSSR count). The Bertz CT molecular complexity index is 388. The maximum Gasteiger partial charge on any atom is 0.223 e. The van der Waals surface area contributed by atoms with Crippen molar-refractivity contribution < 1.29 is 9.47 Å². The van der Waals surface area contributed by atoms with Crippen molar-refractivity contribution in [2.75, 3.05) is 57.0 Å². The topological polar surface area (TPSA) is 85.5 Å². The smallest absolute Gasteiger partial charge is 0.223 e. The third kappa shape index (κ3) is 4.53. The van der Waals surface area contributed by atoms with E-state index in [9.17, 15) is 0 Å². The van der Waals surface area contributed by atoms with Gasteiger partial charge in [0.05, 0.1) is 19.3 Å². The number of anilines is 3. The SMILES string of the molecule is CNc1cc(N(CCOC)C(C)COC)nc(N)n1. The lowest BCUT2D eigenvalue weighted by Crippen LogP contribution is -2.39. The molecule has 0 bridgehead atoms. The molecule has 0 aliphatic heterocycles. The van der Waals surface area contributed by atoms with Gasteiger partial charge in [0.25, 0.3) is 0 Å². The summed E-state index contributed by atoms with van der Waals surface area (Å²) in [5, 5.41) is 2.97. The molecule has 0 aliphatic carbocycles. The van der Waals surface area contributed by atoms with Crippen molar-refractivity contribution in [3.05, 3.63) is 6.07 Å². The van der Waals surface area contributed by atoms with Crippen LogP contribution in [0.15, 0.2) is 6.07 Å². The second-order valence-corrected chi connectivity index (χ2v) is 4.21. The minimum atomic E-state index is 0.166. The number of hydrogen-bond acceptors (Lipinski definition) is 7. The second-order valence-electron chi connectivity index (χ2n) is 4.21. The molecule has 0 amide bonds. The standard InChI is InChI=1S/C12H23N5O2/c1-9(8-19-4)17(5-6-18-3)11-7-10(14-2)15-12(13)16-11/h7,9H,5-6,8H2,1-4H3,(H3,13,14,15,16). The van der Waals surface area contributed by atoms with Crippen molar-refractivity contribution in [3.8, 4) is 0 Å². The largest absolute Gasteiger partial charge is 0.383 e. The van der Waals surface area contributed by atoms with Gasteiger partial charge in [-0.3, -0.25) is 0 Å². The quantitative estimate of drug-likeness (QED) is 0.714. The van der Waals surface area contributed by atoms with Gasteiger partial charge in [0, 0.05) is 33.9 Å². The first kappa shape index (κ1) is 15.5. The molecule has 0 saturated heterocycles. The normalized spacial score (nSPS) is 12.2. The molecule has 0 aromatic carbocycles. The Hall–Kier alpha value is -1.60. The minimum Gasteiger partial charge on any atom is -0.383 e. The van der Waals surface area contributed by atoms with Crippen LogP contribution < -0.4 is 16.0 Å². The summed E-state index contributed by atoms with van der Waals surface area (Å²) in [7, 11) is 5.15. The van der Waals surface area contributed by atoms with Gasteiger partial charge in [-0.15, -0.1) is 0 Å². The predicted molar refractivity (Wildman–Crippen MR) is 76.6 cm³/mol. The van der Waals surface area contributed by atoms with Gasteiger partial charge in [0.2, 0.25) is 5.95 Å². The molecular formula is C12H23N5O2. The van der Waals surface area contributed by atoms with Crippen LogP contribution in [-0.4, -0.2) is 57.0 Å². The monoisotopic (exact) mass is 269 g/mol. The van der Waals surface area contributed by atoms with Gasteiger partial charge in [-0.25, -0.2) is 0 Å². The molecule has 0 aliphatic rings. The van der Waals surface area contributed by atoms with E-state index in [1.807, 2.05) is 6.07 Å². The van der Waals surface area contributed by atoms with E-state index in [0.29, 0.717) is 25.6 Å². The van der Waals surface area contributed by atoms with Crippen molar-refractivity contribution in [1.29, 1.82) is 0 Å². The van der Waals surface area contributed by atoms with E-state index in [0.717, 1.165) is 5.82 Å². The van der Waals surface area contributed by atoms with Crippen molar-refractivity contribution in [2.24, 2.45) is 0 Å². The maximum atomic E-state index is 5.72. The summed E-state index contributed by atoms with van der Waals surface area (Å²) >= 11 is 0. The van der Waals surface area contributed by atoms with Crippen LogP contribution in [0.25, 0.3) is 0 Å². The van der Waals surface area contributed by atoms with Crippen LogP contribution in [0.1, 0.15) is 6.92 Å². The van der Waals surface area contributed by atoms with Crippen molar-refractivity contribution in [2.45, 2.75) is 13.0 Å². The maximum absolute atomic E-state index is 5.72. The molecule has 7 nitrogen and oxygen atoms in total. The first-order valence-corrected chi connectivity index (χ1v) is 6.19. The highest BCUT2D eigenvalue weighted by atomic mass is 16.5. The third-order valence-electron chi connectivity index (χ3n) is 2.76. The van der Waals surface area contributed by atoms with E-state index in [-0.39, 0.29) is 12.0 Å². The zero-order valence-electron chi connectivity index (χ0n) is 12.0. The lowest BCUT2D eigenvalue weighted by atomic mass is 10.3. The number of nitrogens with one attached hydrogen (secondary N) is 1. The lowest BCUT2D eigenvalue weighted by Gasteiger charge is -2.30. The fourth-order valence-electron chi connectivity index (χ4n) is 1.81. The summed E-state index contributed by atoms with van der Waals surface area (Å²) in [6.07, 6.45) is 0. The Morgan fingerprint density at radius 2 is 2.11 bits per heavy atom. The number of methoxy groups -OCH3 is 2. The summed E-state index contributed by atoms with van der Waals surface area (Å²) in [6, 6.07) is 2.03. The third-order valence-corrected chi connectivity index (χ3v) is 2.76. The number of nitrogens with zero attached hydrogens (tertiary/aromatic N) is 3. The molecule has 1 unspecified atom stereocenters. The molecular weight excluding hydrogens is 246 g/mol. The van der Waals surface area contributed by atoms with Crippen LogP contribution in [0.5, 0.6) is 0 Å². The molecule has 1 aromatic rings. The molecule has 0 spiro atoms. The number of nitrogens with two attached hydrogens (primary N) is 1. The van der Waals surface area contributed by atoms with E-state index in [2.05, 4.69) is 27.1 Å². The van der Waals surface area contributed by atoms with Crippen LogP contribution in [-0.2, 0) is 9.47 Å². The van der Waals surface area contributed by atoms with Gasteiger partial charge in [-0.05, 0) is 6.92 Å². The van der Waals surface area contributed by atoms with Gasteiger partial charge in [-0.2, -0.15) is 9.97 Å². The number of hydrogen-bond donors (Lipinski definition) is 2. The average molecular weight is 269 g/mol. The Kier molecular flexibility index (Phi) is 6.31. The van der Waals surface area contributed by atoms with E-state index in [1.54, 1.807) is 21.3 Å². The van der Waals surface area contributed by atoms with Crippen LogP contribution in [0.4, 0.5) is 17.6 Å². The Morgan fingerprint density at radius 1 is 1.37 bits per heavy atom. The van der Waals surface area contributed by atoms with E-state index >= 15 is 0 Å². The number of aromatic nitrogens is 2. The zero-order valence-corrected chi connectivity index (χ0v) is 12.0. The van der Waals surface area contributed by atoms with Crippen molar-refractivity contribution >= 4 is 17.6 Å². The van der Waals surface area contributed by atoms with Gasteiger partial charge >= 0.3 is 0 Å². The highest BCUT2D eigenvalue weighted by Crippen LogP contribution is 2.19. The van der Waals surface area contributed by atoms with Crippen LogP contribution >= 0.6 is 0 Å². The predicted octanol–water partition coefficient (Wildman–Crippen LogP) is 0.588. The summed E-state index contributed by atoms with van der Waals surface area (Å²) in [4.78, 5) is 10.5. The average Bonchev–Trinajstić information content (AvgIpc) is 2.39. The zero-order chi connectivity index (χ0) is 14.3. The van der Waals surface area contributed by atoms with E-state index < -0.39 is 0 Å². The fraction of sp³-hybridized carbons (Fsp3) is 0.667. The molecule has 0 fully saturated rings. The van der Waals surface area contributed by atoms with Crippen LogP contribution in [0.3, 0.4) is 0 Å². The molecule has 3 N–H and O–H groups in total. The van der Waals surface area contributed by atoms with Crippen molar-refractivity contribution in [3.63, 3.8) is 0 Å². The minimum absolute atomic E-state index is 0.166. The highest BCUT2D eigenvalue weighted by Gasteiger charge is 2.17. The molecule has 0 radical (unpaired) electrons. The van der Waals surface area contributed by atoms with Gasteiger partial charge < -0.3 is 25.4 Å². The summed E-state index contributed by atoms with van der Waals surface area (Å²) in [5.74, 6) is 1.70. The van der Waals surface area contributed by atoms with Crippen molar-refractivity contribution in [1.82, 2.24) is 9.97 Å². The molecule has 1 aromatic heterocycles. The Morgan fingerprint density at radius 3 is 2.68 bits per heavy atom. The summed E-state index contributed by atoms with van der Waals surface area (Å²) in [6.45, 7) is 3.98. The van der Waals surface area contributed by atoms with Crippen LogP contribution in [0.2, 0.25) is 0 Å². The summed E-state index contributed by atoms with van der Waals surface area (Å²) < 4.78 is 10.3. The van der Waals surface area contributed by atoms with Gasteiger partial charge in [0.15, 0.2) is 0 Å². The first-order valence-electron chi connectivity index (χ1n) is 6.19. The van der Waals surface area contributed by atoms with E-state index in [1.165, 1.54) is 0 Å². The molecule has 108 valence electrons. The number of nitrogen functional groups attached to an aromatic ring is 1. The molecule has 0 saturated carbocycles. The molecule has 19 heavy (non-hydrogen) atoms. The molecule has 1 atom stereocenters. The highest BCUT2D eigenvalue weighted by molar-refractivity contribution is 5.52. The molecule has 1 heterocycles. The number of rotatable bonds is 8. The number of ether oxygens (including phenoxy) is 2. The van der Waals surface area contributed by atoms with E-state index in [4.69, 9.17) is 15.2 Å². The van der Waals surface area contributed by atoms with Gasteiger partial charge in [0.1, 0.15) is 11.6 Å². The Balaban J connectivity index is 2.97. The fourth-order valence-corrected chi connectivity index (χ4v) is 1.81. The van der Waals surface area contributed by atoms with Crippen LogP contribution in [0, 0.1) is 0 Å². The summed E-state index contributed by atoms with van der Waals surface area (Å²) in [5.41, 5.74) is 5.72. The second kappa shape index (κ2) is 7.75.